The predicted octanol–water partition coefficient (Wildman–Crippen LogP) is 5.98. The predicted molar refractivity (Wildman–Crippen MR) is 143 cm³/mol. The van der Waals surface area contributed by atoms with Crippen molar-refractivity contribution in [2.75, 3.05) is 23.7 Å². The van der Waals surface area contributed by atoms with Crippen molar-refractivity contribution in [2.45, 2.75) is 19.9 Å². The maximum absolute atomic E-state index is 12.5. The summed E-state index contributed by atoms with van der Waals surface area (Å²) in [5.41, 5.74) is 2.55. The quantitative estimate of drug-likeness (QED) is 0.246. The number of ether oxygens (including phenoxy) is 1. The monoisotopic (exact) mass is 554 g/mol. The van der Waals surface area contributed by atoms with Gasteiger partial charge in [-0.05, 0) is 53.9 Å². The summed E-state index contributed by atoms with van der Waals surface area (Å²) in [6, 6.07) is 17.3. The summed E-state index contributed by atoms with van der Waals surface area (Å²) in [6.45, 7) is 2.77. The minimum Gasteiger partial charge on any atom is -0.492 e. The molecule has 3 aromatic carbocycles. The summed E-state index contributed by atoms with van der Waals surface area (Å²) in [4.78, 5) is 12.5. The molecule has 0 fully saturated rings. The molecular formula is C25H25Cl3N2O4S. The van der Waals surface area contributed by atoms with Gasteiger partial charge in [0.05, 0.1) is 40.1 Å². The Morgan fingerprint density at radius 3 is 2.11 bits per heavy atom. The molecule has 1 amide bonds. The number of halogens is 3. The van der Waals surface area contributed by atoms with Gasteiger partial charge in [-0.3, -0.25) is 9.10 Å². The lowest BCUT2D eigenvalue weighted by Crippen LogP contribution is -2.30. The van der Waals surface area contributed by atoms with E-state index in [1.54, 1.807) is 24.3 Å². The van der Waals surface area contributed by atoms with Crippen molar-refractivity contribution in [1.29, 1.82) is 0 Å². The molecular weight excluding hydrogens is 531 g/mol. The average molecular weight is 556 g/mol. The molecule has 0 aliphatic rings. The van der Waals surface area contributed by atoms with Crippen LogP contribution >= 0.6 is 34.8 Å². The van der Waals surface area contributed by atoms with E-state index in [9.17, 15) is 13.2 Å². The zero-order valence-corrected chi connectivity index (χ0v) is 22.3. The summed E-state index contributed by atoms with van der Waals surface area (Å²) in [6.07, 6.45) is 2.04. The minimum absolute atomic E-state index is 0.00305. The zero-order chi connectivity index (χ0) is 25.6. The number of nitrogens with one attached hydrogen (secondary N) is 1. The molecule has 0 unspecified atom stereocenters. The van der Waals surface area contributed by atoms with Crippen molar-refractivity contribution in [3.8, 4) is 5.75 Å². The summed E-state index contributed by atoms with van der Waals surface area (Å²) in [7, 11) is -3.68. The van der Waals surface area contributed by atoms with Crippen LogP contribution in [0.3, 0.4) is 0 Å². The number of hydrogen-bond acceptors (Lipinski definition) is 4. The molecule has 186 valence electrons. The van der Waals surface area contributed by atoms with Crippen molar-refractivity contribution >= 4 is 56.4 Å². The largest absolute Gasteiger partial charge is 0.492 e. The average Bonchev–Trinajstić information content (AvgIpc) is 2.83. The Morgan fingerprint density at radius 2 is 1.51 bits per heavy atom. The first-order valence-corrected chi connectivity index (χ1v) is 13.8. The van der Waals surface area contributed by atoms with Gasteiger partial charge in [0.15, 0.2) is 0 Å². The molecule has 0 saturated carbocycles. The molecule has 0 heterocycles. The zero-order valence-electron chi connectivity index (χ0n) is 19.2. The van der Waals surface area contributed by atoms with Crippen molar-refractivity contribution in [3.05, 3.63) is 92.4 Å². The Morgan fingerprint density at radius 1 is 0.914 bits per heavy atom. The minimum atomic E-state index is -3.68. The Hall–Kier alpha value is -2.45. The van der Waals surface area contributed by atoms with Crippen LogP contribution in [0.25, 0.3) is 0 Å². The van der Waals surface area contributed by atoms with Gasteiger partial charge in [-0.2, -0.15) is 0 Å². The third-order valence-electron chi connectivity index (χ3n) is 5.19. The van der Waals surface area contributed by atoms with E-state index in [2.05, 4.69) is 12.2 Å². The molecule has 6 nitrogen and oxygen atoms in total. The van der Waals surface area contributed by atoms with Crippen LogP contribution in [0.2, 0.25) is 15.1 Å². The number of amides is 1. The first-order chi connectivity index (χ1) is 16.6. The number of carbonyl (C=O) groups excluding carboxylic acids is 1. The third kappa shape index (κ3) is 7.51. The number of aryl methyl sites for hydroxylation is 1. The number of benzene rings is 3. The summed E-state index contributed by atoms with van der Waals surface area (Å²) in [5, 5.41) is 3.38. The summed E-state index contributed by atoms with van der Waals surface area (Å²) in [5.74, 6) is 0.493. The molecule has 1 N–H and O–H groups in total. The van der Waals surface area contributed by atoms with Crippen LogP contribution in [0.4, 0.5) is 5.69 Å². The maximum Gasteiger partial charge on any atom is 0.251 e. The first-order valence-electron chi connectivity index (χ1n) is 10.8. The Balaban J connectivity index is 1.60. The van der Waals surface area contributed by atoms with Crippen LogP contribution in [-0.4, -0.2) is 33.7 Å². The van der Waals surface area contributed by atoms with Gasteiger partial charge >= 0.3 is 0 Å². The van der Waals surface area contributed by atoms with Crippen LogP contribution < -0.4 is 14.4 Å². The Labute approximate surface area is 220 Å². The smallest absolute Gasteiger partial charge is 0.251 e. The number of carbonyl (C=O) groups is 1. The second kappa shape index (κ2) is 12.0. The standard InChI is InChI=1S/C25H25Cl3N2O4S/c1-3-17-6-10-20(11-7-17)34-13-12-29-25(31)19-8-4-18(5-9-19)16-30(35(2,32)33)24-15-22(27)21(26)14-23(24)28/h4-11,14-15H,3,12-13,16H2,1-2H3,(H,29,31). The van der Waals surface area contributed by atoms with E-state index >= 15 is 0 Å². The summed E-state index contributed by atoms with van der Waals surface area (Å²) >= 11 is 18.3. The molecule has 0 aliphatic carbocycles. The van der Waals surface area contributed by atoms with E-state index in [0.717, 1.165) is 22.7 Å². The lowest BCUT2D eigenvalue weighted by Gasteiger charge is -2.24. The molecule has 0 bridgehead atoms. The molecule has 0 spiro atoms. The van der Waals surface area contributed by atoms with E-state index in [1.165, 1.54) is 17.7 Å². The molecule has 0 aliphatic heterocycles. The molecule has 3 aromatic rings. The SMILES string of the molecule is CCc1ccc(OCCNC(=O)c2ccc(CN(c3cc(Cl)c(Cl)cc3Cl)S(C)(=O)=O)cc2)cc1. The van der Waals surface area contributed by atoms with E-state index in [0.29, 0.717) is 24.3 Å². The highest BCUT2D eigenvalue weighted by Crippen LogP contribution is 2.36. The Bertz CT molecular complexity index is 1280. The van der Waals surface area contributed by atoms with Gasteiger partial charge in [0, 0.05) is 5.56 Å². The molecule has 3 rings (SSSR count). The lowest BCUT2D eigenvalue weighted by molar-refractivity contribution is 0.0947. The van der Waals surface area contributed by atoms with E-state index in [4.69, 9.17) is 39.5 Å². The van der Waals surface area contributed by atoms with E-state index < -0.39 is 10.0 Å². The van der Waals surface area contributed by atoms with Crippen molar-refractivity contribution < 1.29 is 17.9 Å². The first kappa shape index (κ1) is 27.1. The molecule has 0 radical (unpaired) electrons. The van der Waals surface area contributed by atoms with Crippen molar-refractivity contribution in [2.24, 2.45) is 0 Å². The van der Waals surface area contributed by atoms with Crippen molar-refractivity contribution in [1.82, 2.24) is 5.32 Å². The van der Waals surface area contributed by atoms with Gasteiger partial charge < -0.3 is 10.1 Å². The second-order valence-electron chi connectivity index (χ2n) is 7.79. The second-order valence-corrected chi connectivity index (χ2v) is 10.9. The number of rotatable bonds is 10. The van der Waals surface area contributed by atoms with Crippen LogP contribution in [-0.2, 0) is 23.0 Å². The maximum atomic E-state index is 12.5. The number of nitrogens with zero attached hydrogens (tertiary/aromatic N) is 1. The number of sulfonamides is 1. The topological polar surface area (TPSA) is 75.7 Å². The number of hydrogen-bond donors (Lipinski definition) is 1. The van der Waals surface area contributed by atoms with Crippen LogP contribution in [0.15, 0.2) is 60.7 Å². The highest BCUT2D eigenvalue weighted by atomic mass is 35.5. The molecule has 35 heavy (non-hydrogen) atoms. The van der Waals surface area contributed by atoms with Gasteiger partial charge in [0.2, 0.25) is 10.0 Å². The van der Waals surface area contributed by atoms with Gasteiger partial charge in [-0.15, -0.1) is 0 Å². The van der Waals surface area contributed by atoms with Gasteiger partial charge in [0.25, 0.3) is 5.91 Å². The van der Waals surface area contributed by atoms with Gasteiger partial charge in [0.1, 0.15) is 12.4 Å². The molecule has 10 heteroatoms. The number of anilines is 1. The third-order valence-corrected chi connectivity index (χ3v) is 7.34. The van der Waals surface area contributed by atoms with E-state index in [1.807, 2.05) is 24.3 Å². The van der Waals surface area contributed by atoms with Crippen LogP contribution in [0.1, 0.15) is 28.4 Å². The fourth-order valence-electron chi connectivity index (χ4n) is 3.27. The highest BCUT2D eigenvalue weighted by molar-refractivity contribution is 7.92. The highest BCUT2D eigenvalue weighted by Gasteiger charge is 2.22. The molecule has 0 aromatic heterocycles. The van der Waals surface area contributed by atoms with Crippen LogP contribution in [0, 0.1) is 0 Å². The fourth-order valence-corrected chi connectivity index (χ4v) is 4.85. The Kier molecular flexibility index (Phi) is 9.30. The summed E-state index contributed by atoms with van der Waals surface area (Å²) < 4.78 is 31.7. The molecule has 0 saturated heterocycles. The normalized spacial score (nSPS) is 11.2. The lowest BCUT2D eigenvalue weighted by atomic mass is 10.1. The van der Waals surface area contributed by atoms with Gasteiger partial charge in [-0.25, -0.2) is 8.42 Å². The van der Waals surface area contributed by atoms with E-state index in [-0.39, 0.29) is 33.2 Å². The van der Waals surface area contributed by atoms with Crippen LogP contribution in [0.5, 0.6) is 5.75 Å². The fraction of sp³-hybridized carbons (Fsp3) is 0.240. The van der Waals surface area contributed by atoms with Crippen molar-refractivity contribution in [3.63, 3.8) is 0 Å². The van der Waals surface area contributed by atoms with Gasteiger partial charge in [-0.1, -0.05) is 66.0 Å². The molecule has 0 atom stereocenters.